The van der Waals surface area contributed by atoms with Gasteiger partial charge < -0.3 is 23.0 Å². The molecule has 0 saturated heterocycles. The zero-order valence-electron chi connectivity index (χ0n) is 25.4. The molecule has 0 amide bonds. The van der Waals surface area contributed by atoms with Gasteiger partial charge >= 0.3 is 0 Å². The van der Waals surface area contributed by atoms with Gasteiger partial charge in [0.15, 0.2) is 0 Å². The molecule has 9 rings (SSSR count). The SMILES string of the molecule is C=CCOc1ccc2c3ncccc3n(-c3ccc4oc5ccc(-n6c7cc(OCC=C)ccc7c7ncccc76)cc5c4c3)c2c1. The second-order valence-electron chi connectivity index (χ2n) is 11.4. The molecule has 0 aliphatic heterocycles. The zero-order valence-corrected chi connectivity index (χ0v) is 25.4. The van der Waals surface area contributed by atoms with Gasteiger partial charge in [-0.3, -0.25) is 9.97 Å². The summed E-state index contributed by atoms with van der Waals surface area (Å²) in [5.74, 6) is 1.55. The van der Waals surface area contributed by atoms with Crippen molar-refractivity contribution in [3.8, 4) is 22.9 Å². The fourth-order valence-corrected chi connectivity index (χ4v) is 6.70. The van der Waals surface area contributed by atoms with Crippen LogP contribution in [0.4, 0.5) is 0 Å². The summed E-state index contributed by atoms with van der Waals surface area (Å²) in [6, 6.07) is 33.1. The smallest absolute Gasteiger partial charge is 0.135 e. The molecule has 0 N–H and O–H groups in total. The Labute approximate surface area is 269 Å². The number of ether oxygens (including phenoxy) is 2. The van der Waals surface area contributed by atoms with E-state index in [1.54, 1.807) is 12.2 Å². The normalized spacial score (nSPS) is 11.7. The summed E-state index contributed by atoms with van der Waals surface area (Å²) >= 11 is 0. The van der Waals surface area contributed by atoms with E-state index in [9.17, 15) is 0 Å². The van der Waals surface area contributed by atoms with Crippen LogP contribution >= 0.6 is 0 Å². The fraction of sp³-hybridized carbons (Fsp3) is 0.0500. The Morgan fingerprint density at radius 2 is 1.04 bits per heavy atom. The van der Waals surface area contributed by atoms with Gasteiger partial charge in [0.2, 0.25) is 0 Å². The largest absolute Gasteiger partial charge is 0.489 e. The highest BCUT2D eigenvalue weighted by Crippen LogP contribution is 2.38. The van der Waals surface area contributed by atoms with Crippen LogP contribution in [0.15, 0.2) is 139 Å². The summed E-state index contributed by atoms with van der Waals surface area (Å²) in [6.45, 7) is 8.45. The van der Waals surface area contributed by atoms with E-state index in [4.69, 9.17) is 23.9 Å². The molecule has 0 bridgehead atoms. The van der Waals surface area contributed by atoms with E-state index in [2.05, 4.69) is 83.0 Å². The number of furan rings is 1. The van der Waals surface area contributed by atoms with E-state index in [1.165, 1.54) is 0 Å². The van der Waals surface area contributed by atoms with Gasteiger partial charge in [-0.25, -0.2) is 0 Å². The topological polar surface area (TPSA) is 67.2 Å². The molecule has 9 aromatic rings. The zero-order chi connectivity index (χ0) is 31.5. The van der Waals surface area contributed by atoms with Gasteiger partial charge in [0.05, 0.1) is 33.1 Å². The van der Waals surface area contributed by atoms with Crippen LogP contribution in [0.5, 0.6) is 11.5 Å². The van der Waals surface area contributed by atoms with Crippen LogP contribution in [0, 0.1) is 0 Å². The lowest BCUT2D eigenvalue weighted by Gasteiger charge is -2.10. The second-order valence-corrected chi connectivity index (χ2v) is 11.4. The van der Waals surface area contributed by atoms with Crippen LogP contribution < -0.4 is 9.47 Å². The van der Waals surface area contributed by atoms with E-state index >= 15 is 0 Å². The van der Waals surface area contributed by atoms with Crippen LogP contribution in [-0.2, 0) is 0 Å². The standard InChI is InChI=1S/C40H28N4O3/c1-3-19-45-27-11-13-29-35(23-27)43(33-7-5-17-41-39(29)33)25-9-15-37-31(21-25)32-22-26(10-16-38(32)47-37)44-34-8-6-18-42-40(34)30-14-12-28(24-36(30)44)46-20-4-2/h3-18,21-24H,1-2,19-20H2. The van der Waals surface area contributed by atoms with Crippen molar-refractivity contribution in [2.24, 2.45) is 0 Å². The average Bonchev–Trinajstić information content (AvgIpc) is 3.76. The van der Waals surface area contributed by atoms with Crippen LogP contribution in [0.2, 0.25) is 0 Å². The van der Waals surface area contributed by atoms with E-state index in [0.29, 0.717) is 13.2 Å². The predicted octanol–water partition coefficient (Wildman–Crippen LogP) is 9.70. The number of fused-ring (bicyclic) bond motifs is 9. The molecular formula is C40H28N4O3. The minimum absolute atomic E-state index is 0.435. The molecular weight excluding hydrogens is 584 g/mol. The quantitative estimate of drug-likeness (QED) is 0.160. The molecule has 0 spiro atoms. The Balaban J connectivity index is 1.26. The molecule has 7 nitrogen and oxygen atoms in total. The number of benzene rings is 4. The summed E-state index contributed by atoms with van der Waals surface area (Å²) in [5, 5.41) is 4.15. The maximum absolute atomic E-state index is 6.37. The van der Waals surface area contributed by atoms with Gasteiger partial charge in [0.25, 0.3) is 0 Å². The van der Waals surface area contributed by atoms with Crippen LogP contribution in [0.25, 0.3) is 77.2 Å². The first-order valence-corrected chi connectivity index (χ1v) is 15.4. The van der Waals surface area contributed by atoms with Gasteiger partial charge in [0, 0.05) is 57.4 Å². The lowest BCUT2D eigenvalue weighted by molar-refractivity contribution is 0.363. The third kappa shape index (κ3) is 4.20. The van der Waals surface area contributed by atoms with Gasteiger partial charge in [-0.05, 0) is 84.9 Å². The summed E-state index contributed by atoms with van der Waals surface area (Å²) < 4.78 is 22.7. The van der Waals surface area contributed by atoms with Crippen molar-refractivity contribution in [2.45, 2.75) is 0 Å². The lowest BCUT2D eigenvalue weighted by atomic mass is 10.1. The Hall–Kier alpha value is -6.34. The van der Waals surface area contributed by atoms with Crippen LogP contribution in [0.1, 0.15) is 0 Å². The molecule has 5 aromatic heterocycles. The minimum Gasteiger partial charge on any atom is -0.489 e. The fourth-order valence-electron chi connectivity index (χ4n) is 6.70. The molecule has 0 fully saturated rings. The summed E-state index contributed by atoms with van der Waals surface area (Å²) in [7, 11) is 0. The third-order valence-electron chi connectivity index (χ3n) is 8.67. The van der Waals surface area contributed by atoms with Gasteiger partial charge in [-0.15, -0.1) is 0 Å². The Kier molecular flexibility index (Phi) is 6.11. The first-order valence-electron chi connectivity index (χ1n) is 15.4. The second kappa shape index (κ2) is 10.6. The first kappa shape index (κ1) is 27.0. The Bertz CT molecular complexity index is 2510. The van der Waals surface area contributed by atoms with E-state index in [-0.39, 0.29) is 0 Å². The van der Waals surface area contributed by atoms with Crippen molar-refractivity contribution >= 4 is 65.8 Å². The minimum atomic E-state index is 0.435. The molecule has 0 saturated carbocycles. The predicted molar refractivity (Wildman–Crippen MR) is 189 cm³/mol. The lowest BCUT2D eigenvalue weighted by Crippen LogP contribution is -1.96. The Morgan fingerprint density at radius 3 is 1.51 bits per heavy atom. The third-order valence-corrected chi connectivity index (χ3v) is 8.67. The van der Waals surface area contributed by atoms with E-state index in [0.717, 1.165) is 88.7 Å². The monoisotopic (exact) mass is 612 g/mol. The molecule has 4 aromatic carbocycles. The number of hydrogen-bond donors (Lipinski definition) is 0. The molecule has 47 heavy (non-hydrogen) atoms. The maximum atomic E-state index is 6.37. The Morgan fingerprint density at radius 1 is 0.553 bits per heavy atom. The maximum Gasteiger partial charge on any atom is 0.135 e. The van der Waals surface area contributed by atoms with Gasteiger partial charge in [-0.2, -0.15) is 0 Å². The molecule has 0 radical (unpaired) electrons. The number of pyridine rings is 2. The molecule has 0 atom stereocenters. The van der Waals surface area contributed by atoms with Crippen molar-refractivity contribution in [1.82, 2.24) is 19.1 Å². The van der Waals surface area contributed by atoms with Crippen LogP contribution in [-0.4, -0.2) is 32.3 Å². The number of nitrogens with zero attached hydrogens (tertiary/aromatic N) is 4. The number of aromatic nitrogens is 4. The number of hydrogen-bond acceptors (Lipinski definition) is 5. The first-order chi connectivity index (χ1) is 23.2. The van der Waals surface area contributed by atoms with Gasteiger partial charge in [0.1, 0.15) is 35.9 Å². The van der Waals surface area contributed by atoms with E-state index in [1.807, 2.05) is 48.8 Å². The highest BCUT2D eigenvalue weighted by Gasteiger charge is 2.18. The molecule has 0 unspecified atom stereocenters. The molecule has 0 aliphatic carbocycles. The highest BCUT2D eigenvalue weighted by atomic mass is 16.5. The van der Waals surface area contributed by atoms with Crippen molar-refractivity contribution in [1.29, 1.82) is 0 Å². The van der Waals surface area contributed by atoms with Crippen LogP contribution in [0.3, 0.4) is 0 Å². The molecule has 226 valence electrons. The summed E-state index contributed by atoms with van der Waals surface area (Å²) in [5.41, 5.74) is 9.58. The average molecular weight is 613 g/mol. The molecule has 5 heterocycles. The molecule has 0 aliphatic rings. The molecule has 7 heteroatoms. The number of rotatable bonds is 8. The summed E-state index contributed by atoms with van der Waals surface area (Å²) in [6.07, 6.45) is 7.17. The van der Waals surface area contributed by atoms with E-state index < -0.39 is 0 Å². The van der Waals surface area contributed by atoms with Gasteiger partial charge in [-0.1, -0.05) is 25.3 Å². The van der Waals surface area contributed by atoms with Crippen molar-refractivity contribution in [3.63, 3.8) is 0 Å². The van der Waals surface area contributed by atoms with Crippen molar-refractivity contribution in [3.05, 3.63) is 135 Å². The summed E-state index contributed by atoms with van der Waals surface area (Å²) in [4.78, 5) is 9.49. The highest BCUT2D eigenvalue weighted by molar-refractivity contribution is 6.11. The van der Waals surface area contributed by atoms with Crippen molar-refractivity contribution < 1.29 is 13.9 Å². The van der Waals surface area contributed by atoms with Crippen molar-refractivity contribution in [2.75, 3.05) is 13.2 Å².